The highest BCUT2D eigenvalue weighted by Crippen LogP contribution is 2.46. The molecular weight excluding hydrogens is 256 g/mol. The van der Waals surface area contributed by atoms with Gasteiger partial charge in [-0.25, -0.2) is 0 Å². The molecule has 2 atom stereocenters. The van der Waals surface area contributed by atoms with Crippen LogP contribution in [0.3, 0.4) is 0 Å². The molecule has 2 heterocycles. The van der Waals surface area contributed by atoms with Crippen LogP contribution in [0.1, 0.15) is 78.1 Å². The summed E-state index contributed by atoms with van der Waals surface area (Å²) < 4.78 is 0. The molecule has 122 valence electrons. The van der Waals surface area contributed by atoms with Crippen LogP contribution in [0.5, 0.6) is 0 Å². The van der Waals surface area contributed by atoms with Crippen LogP contribution in [0.4, 0.5) is 0 Å². The van der Waals surface area contributed by atoms with Gasteiger partial charge >= 0.3 is 0 Å². The van der Waals surface area contributed by atoms with Gasteiger partial charge in [0.25, 0.3) is 0 Å². The van der Waals surface area contributed by atoms with Gasteiger partial charge in [-0.15, -0.1) is 0 Å². The normalized spacial score (nSPS) is 36.3. The molecule has 2 unspecified atom stereocenters. The summed E-state index contributed by atoms with van der Waals surface area (Å²) in [5.41, 5.74) is 0.661. The minimum Gasteiger partial charge on any atom is -0.317 e. The average molecular weight is 293 g/mol. The minimum atomic E-state index is 0.661. The highest BCUT2D eigenvalue weighted by Gasteiger charge is 2.43. The quantitative estimate of drug-likeness (QED) is 0.817. The zero-order valence-corrected chi connectivity index (χ0v) is 14.5. The summed E-state index contributed by atoms with van der Waals surface area (Å²) in [6.07, 6.45) is 14.6. The molecule has 1 N–H and O–H groups in total. The lowest BCUT2D eigenvalue weighted by molar-refractivity contribution is -0.0129. The summed E-state index contributed by atoms with van der Waals surface area (Å²) in [5.74, 6) is 0.859. The van der Waals surface area contributed by atoms with Gasteiger partial charge in [0.1, 0.15) is 0 Å². The first-order valence-electron chi connectivity index (χ1n) is 9.55. The van der Waals surface area contributed by atoms with E-state index in [4.69, 9.17) is 0 Å². The summed E-state index contributed by atoms with van der Waals surface area (Å²) in [7, 11) is 2.16. The van der Waals surface area contributed by atoms with E-state index >= 15 is 0 Å². The number of nitrogens with one attached hydrogen (secondary N) is 1. The number of nitrogens with zero attached hydrogens (tertiary/aromatic N) is 1. The predicted octanol–water partition coefficient (Wildman–Crippen LogP) is 4.20. The number of piperidine rings is 2. The summed E-state index contributed by atoms with van der Waals surface area (Å²) in [5, 5.41) is 3.56. The predicted molar refractivity (Wildman–Crippen MR) is 90.6 cm³/mol. The van der Waals surface area contributed by atoms with Crippen LogP contribution in [-0.2, 0) is 0 Å². The third-order valence-electron chi connectivity index (χ3n) is 6.56. The van der Waals surface area contributed by atoms with Crippen molar-refractivity contribution in [2.75, 3.05) is 13.6 Å². The molecule has 2 aliphatic heterocycles. The second kappa shape index (κ2) is 6.58. The first kappa shape index (κ1) is 15.8. The Bertz CT molecular complexity index is 318. The van der Waals surface area contributed by atoms with E-state index in [1.807, 2.05) is 0 Å². The Labute approximate surface area is 132 Å². The highest BCUT2D eigenvalue weighted by molar-refractivity contribution is 4.98. The molecule has 1 aliphatic carbocycles. The van der Waals surface area contributed by atoms with Crippen LogP contribution in [-0.4, -0.2) is 36.6 Å². The van der Waals surface area contributed by atoms with Gasteiger partial charge in [-0.2, -0.15) is 0 Å². The highest BCUT2D eigenvalue weighted by atomic mass is 15.2. The molecule has 3 aliphatic rings. The summed E-state index contributed by atoms with van der Waals surface area (Å²) in [6.45, 7) is 6.26. The molecule has 0 spiro atoms. The Morgan fingerprint density at radius 2 is 1.67 bits per heavy atom. The second-order valence-corrected chi connectivity index (χ2v) is 8.67. The van der Waals surface area contributed by atoms with Crippen molar-refractivity contribution in [3.05, 3.63) is 0 Å². The van der Waals surface area contributed by atoms with E-state index in [-0.39, 0.29) is 0 Å². The average Bonchev–Trinajstić information content (AvgIpc) is 2.85. The monoisotopic (exact) mass is 292 g/mol. The Balaban J connectivity index is 1.70. The third kappa shape index (κ3) is 3.47. The van der Waals surface area contributed by atoms with Crippen molar-refractivity contribution in [3.63, 3.8) is 0 Å². The molecular formula is C19H36N2. The first-order valence-corrected chi connectivity index (χ1v) is 9.55. The Kier molecular flexibility index (Phi) is 4.95. The zero-order chi connectivity index (χ0) is 14.9. The Morgan fingerprint density at radius 3 is 2.19 bits per heavy atom. The van der Waals surface area contributed by atoms with Gasteiger partial charge < -0.3 is 5.32 Å². The lowest BCUT2D eigenvalue weighted by atomic mass is 9.74. The standard InChI is InChI=1S/C19H36N2/c1-15(2)13-19(9-4-5-10-19)14-21-17-7-6-8-18(21)12-16(11-17)20-3/h15-18,20H,4-14H2,1-3H3. The maximum absolute atomic E-state index is 3.56. The van der Waals surface area contributed by atoms with Crippen molar-refractivity contribution in [1.29, 1.82) is 0 Å². The van der Waals surface area contributed by atoms with Crippen LogP contribution in [0.15, 0.2) is 0 Å². The number of rotatable bonds is 5. The van der Waals surface area contributed by atoms with Gasteiger partial charge in [0.05, 0.1) is 0 Å². The first-order chi connectivity index (χ1) is 10.1. The molecule has 0 aromatic rings. The van der Waals surface area contributed by atoms with Crippen molar-refractivity contribution < 1.29 is 0 Å². The van der Waals surface area contributed by atoms with Crippen molar-refractivity contribution >= 4 is 0 Å². The third-order valence-corrected chi connectivity index (χ3v) is 6.56. The maximum atomic E-state index is 3.56. The molecule has 3 rings (SSSR count). The summed E-state index contributed by atoms with van der Waals surface area (Å²) in [6, 6.07) is 2.53. The maximum Gasteiger partial charge on any atom is 0.0113 e. The van der Waals surface area contributed by atoms with Crippen LogP contribution in [0, 0.1) is 11.3 Å². The Morgan fingerprint density at radius 1 is 1.05 bits per heavy atom. The summed E-state index contributed by atoms with van der Waals surface area (Å²) in [4.78, 5) is 2.98. The fourth-order valence-electron chi connectivity index (χ4n) is 5.78. The SMILES string of the molecule is CNC1CC2CCCC(C1)N2CC1(CC(C)C)CCCC1. The van der Waals surface area contributed by atoms with Gasteiger partial charge in [0, 0.05) is 24.7 Å². The van der Waals surface area contributed by atoms with E-state index in [1.54, 1.807) is 0 Å². The fourth-order valence-corrected chi connectivity index (χ4v) is 5.78. The molecule has 2 bridgehead atoms. The molecule has 0 aromatic carbocycles. The van der Waals surface area contributed by atoms with Gasteiger partial charge in [0.2, 0.25) is 0 Å². The van der Waals surface area contributed by atoms with E-state index in [1.165, 1.54) is 70.8 Å². The number of fused-ring (bicyclic) bond motifs is 2. The smallest absolute Gasteiger partial charge is 0.0113 e. The molecule has 0 radical (unpaired) electrons. The topological polar surface area (TPSA) is 15.3 Å². The van der Waals surface area contributed by atoms with Crippen molar-refractivity contribution in [1.82, 2.24) is 10.2 Å². The fraction of sp³-hybridized carbons (Fsp3) is 1.00. The minimum absolute atomic E-state index is 0.661. The van der Waals surface area contributed by atoms with Crippen LogP contribution < -0.4 is 5.32 Å². The lowest BCUT2D eigenvalue weighted by Crippen LogP contribution is -2.58. The zero-order valence-electron chi connectivity index (χ0n) is 14.5. The molecule has 1 saturated carbocycles. The van der Waals surface area contributed by atoms with E-state index in [0.29, 0.717) is 5.41 Å². The van der Waals surface area contributed by atoms with Gasteiger partial charge in [0.15, 0.2) is 0 Å². The van der Waals surface area contributed by atoms with Gasteiger partial charge in [-0.05, 0) is 63.3 Å². The van der Waals surface area contributed by atoms with Crippen LogP contribution in [0.25, 0.3) is 0 Å². The van der Waals surface area contributed by atoms with E-state index in [9.17, 15) is 0 Å². The molecule has 0 aromatic heterocycles. The van der Waals surface area contributed by atoms with Crippen molar-refractivity contribution in [3.8, 4) is 0 Å². The van der Waals surface area contributed by atoms with E-state index in [0.717, 1.165) is 24.0 Å². The van der Waals surface area contributed by atoms with Crippen molar-refractivity contribution in [2.45, 2.75) is 96.2 Å². The molecule has 3 fully saturated rings. The molecule has 2 saturated heterocycles. The molecule has 2 nitrogen and oxygen atoms in total. The second-order valence-electron chi connectivity index (χ2n) is 8.67. The van der Waals surface area contributed by atoms with Crippen LogP contribution >= 0.6 is 0 Å². The number of hydrogen-bond donors (Lipinski definition) is 1. The van der Waals surface area contributed by atoms with Gasteiger partial charge in [-0.3, -0.25) is 4.90 Å². The molecule has 0 amide bonds. The summed E-state index contributed by atoms with van der Waals surface area (Å²) >= 11 is 0. The number of hydrogen-bond acceptors (Lipinski definition) is 2. The Hall–Kier alpha value is -0.0800. The van der Waals surface area contributed by atoms with E-state index in [2.05, 4.69) is 31.1 Å². The van der Waals surface area contributed by atoms with E-state index < -0.39 is 0 Å². The van der Waals surface area contributed by atoms with Crippen LogP contribution in [0.2, 0.25) is 0 Å². The molecule has 2 heteroatoms. The largest absolute Gasteiger partial charge is 0.317 e. The van der Waals surface area contributed by atoms with Gasteiger partial charge in [-0.1, -0.05) is 33.1 Å². The van der Waals surface area contributed by atoms with Crippen molar-refractivity contribution in [2.24, 2.45) is 11.3 Å². The molecule has 21 heavy (non-hydrogen) atoms. The lowest BCUT2D eigenvalue weighted by Gasteiger charge is -2.52.